The molecule has 1 aliphatic heterocycles. The van der Waals surface area contributed by atoms with Crippen LogP contribution in [0.25, 0.3) is 0 Å². The van der Waals surface area contributed by atoms with Crippen LogP contribution in [0.15, 0.2) is 41.0 Å². The summed E-state index contributed by atoms with van der Waals surface area (Å²) in [6.07, 6.45) is -8.72. The van der Waals surface area contributed by atoms with E-state index in [0.29, 0.717) is 18.4 Å². The fourth-order valence-electron chi connectivity index (χ4n) is 2.87. The standard InChI is InChI=1S/C17H18F6N2/c1-3-6-11-10(2)24-14(16(18,19)20)9-15(17(21,22)23)25-13-8-5-4-7-12(11)13/h4-5,7-11,25H,3,6H2,1-2H3/b15-9-,24-14?. The monoisotopic (exact) mass is 364 g/mol. The molecular weight excluding hydrogens is 346 g/mol. The van der Waals surface area contributed by atoms with Crippen LogP contribution in [0.3, 0.4) is 0 Å². The average Bonchev–Trinajstić information content (AvgIpc) is 2.55. The van der Waals surface area contributed by atoms with Crippen LogP contribution in [-0.4, -0.2) is 24.1 Å². The van der Waals surface area contributed by atoms with E-state index in [4.69, 9.17) is 0 Å². The van der Waals surface area contributed by atoms with Crippen LogP contribution in [0, 0.1) is 0 Å². The zero-order valence-electron chi connectivity index (χ0n) is 13.7. The maximum Gasteiger partial charge on any atom is 0.432 e. The Balaban J connectivity index is 2.68. The first kappa shape index (κ1) is 19.3. The molecule has 0 saturated heterocycles. The number of nitrogens with one attached hydrogen (secondary N) is 1. The molecule has 0 amide bonds. The lowest BCUT2D eigenvalue weighted by Crippen LogP contribution is -2.27. The number of nitrogens with zero attached hydrogens (tertiary/aromatic N) is 1. The fraction of sp³-hybridized carbons (Fsp3) is 0.471. The third-order valence-electron chi connectivity index (χ3n) is 4.03. The Morgan fingerprint density at radius 1 is 1.04 bits per heavy atom. The van der Waals surface area contributed by atoms with Gasteiger partial charge in [0.25, 0.3) is 0 Å². The fourth-order valence-corrected chi connectivity index (χ4v) is 2.87. The van der Waals surface area contributed by atoms with Crippen molar-refractivity contribution in [3.8, 4) is 0 Å². The minimum absolute atomic E-state index is 0.0433. The van der Waals surface area contributed by atoms with E-state index in [2.05, 4.69) is 10.3 Å². The maximum absolute atomic E-state index is 13.2. The zero-order chi connectivity index (χ0) is 18.8. The number of allylic oxidation sites excluding steroid dienone is 2. The summed E-state index contributed by atoms with van der Waals surface area (Å²) in [5, 5.41) is 2.15. The van der Waals surface area contributed by atoms with E-state index in [1.165, 1.54) is 19.1 Å². The number of hydrogen-bond donors (Lipinski definition) is 1. The number of aliphatic imine (C=N–C) groups is 1. The summed E-state index contributed by atoms with van der Waals surface area (Å²) in [6.45, 7) is 3.36. The SMILES string of the molecule is CCCC1c2ccccc2N/C(C(F)(F)F)=C\C(C(F)(F)F)=NC1C. The maximum atomic E-state index is 13.2. The first-order chi connectivity index (χ1) is 11.5. The molecule has 0 fully saturated rings. The molecule has 0 aliphatic carbocycles. The number of alkyl halides is 6. The van der Waals surface area contributed by atoms with Crippen molar-refractivity contribution in [3.63, 3.8) is 0 Å². The van der Waals surface area contributed by atoms with Gasteiger partial charge < -0.3 is 5.32 Å². The summed E-state index contributed by atoms with van der Waals surface area (Å²) in [5.74, 6) is -0.424. The van der Waals surface area contributed by atoms with Crippen LogP contribution < -0.4 is 5.32 Å². The Morgan fingerprint density at radius 2 is 1.68 bits per heavy atom. The smallest absolute Gasteiger partial charge is 0.351 e. The minimum atomic E-state index is -4.97. The topological polar surface area (TPSA) is 24.4 Å². The van der Waals surface area contributed by atoms with Gasteiger partial charge in [0.1, 0.15) is 11.4 Å². The average molecular weight is 364 g/mol. The van der Waals surface area contributed by atoms with Gasteiger partial charge in [0.2, 0.25) is 0 Å². The summed E-state index contributed by atoms with van der Waals surface area (Å²) < 4.78 is 79.3. The van der Waals surface area contributed by atoms with Gasteiger partial charge >= 0.3 is 12.4 Å². The Bertz CT molecular complexity index is 672. The van der Waals surface area contributed by atoms with Gasteiger partial charge in [-0.3, -0.25) is 4.99 Å². The van der Waals surface area contributed by atoms with Crippen LogP contribution in [0.1, 0.15) is 38.2 Å². The highest BCUT2D eigenvalue weighted by Gasteiger charge is 2.41. The summed E-state index contributed by atoms with van der Waals surface area (Å²) >= 11 is 0. The predicted molar refractivity (Wildman–Crippen MR) is 84.8 cm³/mol. The van der Waals surface area contributed by atoms with Gasteiger partial charge in [0.15, 0.2) is 0 Å². The lowest BCUT2D eigenvalue weighted by molar-refractivity contribution is -0.0904. The molecule has 25 heavy (non-hydrogen) atoms. The van der Waals surface area contributed by atoms with Crippen molar-refractivity contribution in [2.75, 3.05) is 5.32 Å². The summed E-state index contributed by atoms with van der Waals surface area (Å²) in [5.41, 5.74) is -2.34. The number of halogens is 6. The highest BCUT2D eigenvalue weighted by atomic mass is 19.4. The van der Waals surface area contributed by atoms with Gasteiger partial charge in [-0.15, -0.1) is 0 Å². The second-order valence-electron chi connectivity index (χ2n) is 5.92. The van der Waals surface area contributed by atoms with Crippen molar-refractivity contribution in [2.45, 2.75) is 51.0 Å². The number of hydrogen-bond acceptors (Lipinski definition) is 2. The molecule has 2 atom stereocenters. The van der Waals surface area contributed by atoms with Crippen molar-refractivity contribution >= 4 is 11.4 Å². The van der Waals surface area contributed by atoms with Crippen LogP contribution in [0.2, 0.25) is 0 Å². The molecular formula is C17H18F6N2. The minimum Gasteiger partial charge on any atom is -0.351 e. The van der Waals surface area contributed by atoms with Gasteiger partial charge in [-0.25, -0.2) is 0 Å². The number of para-hydroxylation sites is 1. The normalized spacial score (nSPS) is 24.0. The highest BCUT2D eigenvalue weighted by Crippen LogP contribution is 2.37. The molecule has 1 aromatic carbocycles. The molecule has 0 spiro atoms. The van der Waals surface area contributed by atoms with Crippen molar-refractivity contribution in [1.82, 2.24) is 0 Å². The van der Waals surface area contributed by atoms with Crippen molar-refractivity contribution in [2.24, 2.45) is 4.99 Å². The molecule has 2 rings (SSSR count). The van der Waals surface area contributed by atoms with Gasteiger partial charge in [-0.2, -0.15) is 26.3 Å². The summed E-state index contributed by atoms with van der Waals surface area (Å²) in [7, 11) is 0. The first-order valence-electron chi connectivity index (χ1n) is 7.84. The molecule has 1 aromatic rings. The molecule has 2 nitrogen and oxygen atoms in total. The molecule has 2 unspecified atom stereocenters. The molecule has 0 saturated carbocycles. The van der Waals surface area contributed by atoms with Crippen LogP contribution >= 0.6 is 0 Å². The van der Waals surface area contributed by atoms with Crippen molar-refractivity contribution in [3.05, 3.63) is 41.6 Å². The summed E-state index contributed by atoms with van der Waals surface area (Å²) in [4.78, 5) is 3.61. The molecule has 8 heteroatoms. The molecule has 0 bridgehead atoms. The lowest BCUT2D eigenvalue weighted by Gasteiger charge is -2.24. The number of fused-ring (bicyclic) bond motifs is 1. The zero-order valence-corrected chi connectivity index (χ0v) is 13.7. The van der Waals surface area contributed by atoms with E-state index in [0.717, 1.165) is 0 Å². The Hall–Kier alpha value is -1.99. The van der Waals surface area contributed by atoms with E-state index in [-0.39, 0.29) is 11.8 Å². The van der Waals surface area contributed by atoms with E-state index in [9.17, 15) is 26.3 Å². The van der Waals surface area contributed by atoms with Gasteiger partial charge in [-0.1, -0.05) is 31.5 Å². The predicted octanol–water partition coefficient (Wildman–Crippen LogP) is 5.83. The summed E-state index contributed by atoms with van der Waals surface area (Å²) in [6, 6.07) is 5.43. The Kier molecular flexibility index (Phi) is 5.49. The Labute approximate surface area is 141 Å². The number of rotatable bonds is 2. The van der Waals surface area contributed by atoms with Crippen LogP contribution in [-0.2, 0) is 0 Å². The van der Waals surface area contributed by atoms with E-state index < -0.39 is 35.7 Å². The van der Waals surface area contributed by atoms with Crippen molar-refractivity contribution in [1.29, 1.82) is 0 Å². The van der Waals surface area contributed by atoms with Gasteiger partial charge in [0, 0.05) is 11.6 Å². The molecule has 1 heterocycles. The van der Waals surface area contributed by atoms with Gasteiger partial charge in [0.05, 0.1) is 6.04 Å². The lowest BCUT2D eigenvalue weighted by atomic mass is 9.87. The van der Waals surface area contributed by atoms with Crippen LogP contribution in [0.5, 0.6) is 0 Å². The molecule has 138 valence electrons. The first-order valence-corrected chi connectivity index (χ1v) is 7.84. The van der Waals surface area contributed by atoms with E-state index in [1.807, 2.05) is 6.92 Å². The van der Waals surface area contributed by atoms with Gasteiger partial charge in [-0.05, 0) is 31.1 Å². The van der Waals surface area contributed by atoms with E-state index in [1.54, 1.807) is 12.1 Å². The number of anilines is 1. The molecule has 0 aromatic heterocycles. The van der Waals surface area contributed by atoms with Crippen LogP contribution in [0.4, 0.5) is 32.0 Å². The highest BCUT2D eigenvalue weighted by molar-refractivity contribution is 6.00. The quantitative estimate of drug-likeness (QED) is 0.656. The Morgan fingerprint density at radius 3 is 2.24 bits per heavy atom. The molecule has 1 aliphatic rings. The second-order valence-corrected chi connectivity index (χ2v) is 5.92. The second kappa shape index (κ2) is 7.09. The third-order valence-corrected chi connectivity index (χ3v) is 4.03. The molecule has 0 radical (unpaired) electrons. The third kappa shape index (κ3) is 4.55. The van der Waals surface area contributed by atoms with E-state index >= 15 is 0 Å². The molecule has 1 N–H and O–H groups in total. The number of benzene rings is 1. The van der Waals surface area contributed by atoms with Crippen molar-refractivity contribution < 1.29 is 26.3 Å². The largest absolute Gasteiger partial charge is 0.432 e.